The lowest BCUT2D eigenvalue weighted by Crippen LogP contribution is -2.14. The molecule has 0 radical (unpaired) electrons. The highest BCUT2D eigenvalue weighted by Crippen LogP contribution is 2.29. The van der Waals surface area contributed by atoms with Crippen molar-refractivity contribution in [1.82, 2.24) is 0 Å². The molecule has 0 aliphatic rings. The first-order chi connectivity index (χ1) is 8.35. The summed E-state index contributed by atoms with van der Waals surface area (Å²) in [6.07, 6.45) is 0. The zero-order chi connectivity index (χ0) is 13.3. The van der Waals surface area contributed by atoms with Gasteiger partial charge >= 0.3 is 11.0 Å². The highest BCUT2D eigenvalue weighted by Gasteiger charge is 2.26. The number of carboxylic acids is 1. The van der Waals surface area contributed by atoms with Crippen molar-refractivity contribution in [2.75, 3.05) is 0 Å². The van der Waals surface area contributed by atoms with Crippen molar-refractivity contribution in [3.8, 4) is 5.75 Å². The Kier molecular flexibility index (Phi) is 3.21. The van der Waals surface area contributed by atoms with Gasteiger partial charge < -0.3 is 9.84 Å². The van der Waals surface area contributed by atoms with Crippen LogP contribution in [0.3, 0.4) is 0 Å². The Morgan fingerprint density at radius 3 is 2.39 bits per heavy atom. The van der Waals surface area contributed by atoms with Gasteiger partial charge in [0.05, 0.1) is 5.56 Å². The number of carbonyl (C=O) groups is 1. The molecule has 0 atom stereocenters. The van der Waals surface area contributed by atoms with Crippen LogP contribution in [0.1, 0.15) is 10.4 Å². The normalized spacial score (nSPS) is 11.5. The van der Waals surface area contributed by atoms with E-state index < -0.39 is 11.0 Å². The molecule has 0 saturated heterocycles. The van der Waals surface area contributed by atoms with Gasteiger partial charge in [-0.2, -0.15) is 8.78 Å². The van der Waals surface area contributed by atoms with Crippen molar-refractivity contribution in [2.24, 2.45) is 0 Å². The van der Waals surface area contributed by atoms with Crippen LogP contribution in [0.25, 0.3) is 10.8 Å². The number of rotatable bonds is 3. The number of benzene rings is 2. The van der Waals surface area contributed by atoms with Crippen molar-refractivity contribution in [2.45, 2.75) is 5.02 Å². The van der Waals surface area contributed by atoms with Gasteiger partial charge in [0.1, 0.15) is 5.75 Å². The molecule has 6 heteroatoms. The molecule has 0 amide bonds. The van der Waals surface area contributed by atoms with E-state index in [2.05, 4.69) is 20.7 Å². The van der Waals surface area contributed by atoms with Crippen molar-refractivity contribution in [3.05, 3.63) is 42.0 Å². The molecule has 0 aromatic heterocycles. The zero-order valence-corrected chi connectivity index (χ0v) is 10.4. The number of alkyl halides is 3. The largest absolute Gasteiger partial charge is 0.478 e. The number of hydrogen-bond donors (Lipinski definition) is 1. The van der Waals surface area contributed by atoms with Gasteiger partial charge in [-0.05, 0) is 35.0 Å². The quantitative estimate of drug-likeness (QED) is 0.874. The molecule has 0 fully saturated rings. The van der Waals surface area contributed by atoms with Gasteiger partial charge in [0, 0.05) is 15.9 Å². The van der Waals surface area contributed by atoms with Crippen molar-refractivity contribution < 1.29 is 23.4 Å². The van der Waals surface area contributed by atoms with E-state index in [-0.39, 0.29) is 11.3 Å². The molecule has 0 bridgehead atoms. The zero-order valence-electron chi connectivity index (χ0n) is 8.86. The SMILES string of the molecule is O=C(O)c1ccc2cc(OC(F)(F)Br)ccc2c1. The third-order valence-electron chi connectivity index (χ3n) is 2.29. The molecule has 2 rings (SSSR count). The van der Waals surface area contributed by atoms with Crippen LogP contribution in [0.15, 0.2) is 36.4 Å². The number of ether oxygens (including phenoxy) is 1. The summed E-state index contributed by atoms with van der Waals surface area (Å²) >= 11 is 2.08. The summed E-state index contributed by atoms with van der Waals surface area (Å²) in [5, 5.41) is 6.65. The number of hydrogen-bond acceptors (Lipinski definition) is 2. The average molecular weight is 317 g/mol. The van der Waals surface area contributed by atoms with Crippen LogP contribution in [0.4, 0.5) is 8.78 Å². The summed E-state index contributed by atoms with van der Waals surface area (Å²) in [6, 6.07) is 8.70. The molecule has 2 aromatic carbocycles. The molecule has 0 unspecified atom stereocenters. The van der Waals surface area contributed by atoms with E-state index in [1.807, 2.05) is 0 Å². The lowest BCUT2D eigenvalue weighted by Gasteiger charge is -2.11. The second-order valence-corrected chi connectivity index (χ2v) is 4.50. The third-order valence-corrected chi connectivity index (χ3v) is 2.45. The Labute approximate surface area is 109 Å². The smallest absolute Gasteiger partial charge is 0.459 e. The Hall–Kier alpha value is -1.69. The summed E-state index contributed by atoms with van der Waals surface area (Å²) in [5.74, 6) is -1.04. The van der Waals surface area contributed by atoms with E-state index in [0.29, 0.717) is 10.8 Å². The monoisotopic (exact) mass is 316 g/mol. The van der Waals surface area contributed by atoms with E-state index >= 15 is 0 Å². The minimum absolute atomic E-state index is 0.00699. The highest BCUT2D eigenvalue weighted by molar-refractivity contribution is 9.09. The van der Waals surface area contributed by atoms with Gasteiger partial charge in [-0.1, -0.05) is 12.1 Å². The standard InChI is InChI=1S/C12H7BrF2O3/c13-12(14,15)18-10-4-3-7-5-9(11(16)17)2-1-8(7)6-10/h1-6H,(H,16,17). The van der Waals surface area contributed by atoms with Gasteiger partial charge in [0.2, 0.25) is 0 Å². The van der Waals surface area contributed by atoms with Gasteiger partial charge in [-0.25, -0.2) is 4.79 Å². The topological polar surface area (TPSA) is 46.5 Å². The van der Waals surface area contributed by atoms with Crippen molar-refractivity contribution in [3.63, 3.8) is 0 Å². The Morgan fingerprint density at radius 1 is 1.17 bits per heavy atom. The van der Waals surface area contributed by atoms with E-state index in [9.17, 15) is 13.6 Å². The Bertz CT molecular complexity index is 608. The molecule has 2 aromatic rings. The van der Waals surface area contributed by atoms with E-state index in [0.717, 1.165) is 0 Å². The van der Waals surface area contributed by atoms with Gasteiger partial charge in [-0.15, -0.1) is 0 Å². The number of fused-ring (bicyclic) bond motifs is 1. The summed E-state index contributed by atoms with van der Waals surface area (Å²) in [5.41, 5.74) is 0.141. The molecule has 0 heterocycles. The van der Waals surface area contributed by atoms with E-state index in [4.69, 9.17) is 5.11 Å². The summed E-state index contributed by atoms with van der Waals surface area (Å²) in [7, 11) is 0. The van der Waals surface area contributed by atoms with Crippen LogP contribution < -0.4 is 4.74 Å². The van der Waals surface area contributed by atoms with Crippen molar-refractivity contribution >= 4 is 32.7 Å². The second-order valence-electron chi connectivity index (χ2n) is 3.58. The first kappa shape index (κ1) is 12.8. The first-order valence-corrected chi connectivity index (χ1v) is 5.67. The fourth-order valence-electron chi connectivity index (χ4n) is 1.55. The van der Waals surface area contributed by atoms with E-state index in [1.165, 1.54) is 36.4 Å². The maximum absolute atomic E-state index is 12.6. The molecule has 0 aliphatic carbocycles. The molecule has 0 saturated carbocycles. The molecule has 0 aliphatic heterocycles. The van der Waals surface area contributed by atoms with Crippen LogP contribution in [0, 0.1) is 0 Å². The van der Waals surface area contributed by atoms with Gasteiger partial charge in [-0.3, -0.25) is 0 Å². The maximum Gasteiger partial charge on any atom is 0.459 e. The predicted molar refractivity (Wildman–Crippen MR) is 65.4 cm³/mol. The molecule has 94 valence electrons. The minimum Gasteiger partial charge on any atom is -0.478 e. The average Bonchev–Trinajstić information content (AvgIpc) is 2.26. The maximum atomic E-state index is 12.6. The molecule has 3 nitrogen and oxygen atoms in total. The van der Waals surface area contributed by atoms with Crippen LogP contribution in [0.5, 0.6) is 5.75 Å². The van der Waals surface area contributed by atoms with Gasteiger partial charge in [0.15, 0.2) is 0 Å². The number of halogens is 3. The van der Waals surface area contributed by atoms with Crippen LogP contribution in [-0.4, -0.2) is 16.1 Å². The molecule has 18 heavy (non-hydrogen) atoms. The van der Waals surface area contributed by atoms with Crippen LogP contribution >= 0.6 is 15.9 Å². The third kappa shape index (κ3) is 2.95. The van der Waals surface area contributed by atoms with Crippen molar-refractivity contribution in [1.29, 1.82) is 0 Å². The molecule has 1 N–H and O–H groups in total. The summed E-state index contributed by atoms with van der Waals surface area (Å²) in [6.45, 7) is 0. The number of carboxylic acid groups (broad SMARTS) is 1. The van der Waals surface area contributed by atoms with Crippen LogP contribution in [-0.2, 0) is 0 Å². The Morgan fingerprint density at radius 2 is 1.78 bits per heavy atom. The fourth-order valence-corrected chi connectivity index (χ4v) is 1.74. The summed E-state index contributed by atoms with van der Waals surface area (Å²) in [4.78, 5) is 10.8. The second kappa shape index (κ2) is 4.53. The lowest BCUT2D eigenvalue weighted by atomic mass is 10.1. The Balaban J connectivity index is 2.41. The predicted octanol–water partition coefficient (Wildman–Crippen LogP) is 3.86. The molecule has 0 spiro atoms. The van der Waals surface area contributed by atoms with Crippen LogP contribution in [0.2, 0.25) is 0 Å². The lowest BCUT2D eigenvalue weighted by molar-refractivity contribution is -0.0802. The minimum atomic E-state index is -3.43. The fraction of sp³-hybridized carbons (Fsp3) is 0.0833. The molecular weight excluding hydrogens is 310 g/mol. The highest BCUT2D eigenvalue weighted by atomic mass is 79.9. The first-order valence-electron chi connectivity index (χ1n) is 4.88. The number of aromatic carboxylic acids is 1. The summed E-state index contributed by atoms with van der Waals surface area (Å²) < 4.78 is 29.5. The van der Waals surface area contributed by atoms with Gasteiger partial charge in [0.25, 0.3) is 0 Å². The molecular formula is C12H7BrF2O3. The van der Waals surface area contributed by atoms with E-state index in [1.54, 1.807) is 0 Å².